The molecule has 2 amide bonds. The van der Waals surface area contributed by atoms with Crippen molar-refractivity contribution in [2.75, 3.05) is 5.73 Å². The molecule has 5 N–H and O–H groups in total. The first-order chi connectivity index (χ1) is 12.6. The number of nitrogens with two attached hydrogens (primary N) is 1. The van der Waals surface area contributed by atoms with Gasteiger partial charge in [-0.1, -0.05) is 18.2 Å². The number of halogens is 1. The third-order valence-corrected chi connectivity index (χ3v) is 3.84. The number of carbonyl (C=O) groups excluding carboxylic acids is 2. The molecule has 7 nitrogen and oxygen atoms in total. The summed E-state index contributed by atoms with van der Waals surface area (Å²) >= 11 is 0. The highest BCUT2D eigenvalue weighted by molar-refractivity contribution is 5.91. The number of rotatable bonds is 7. The van der Waals surface area contributed by atoms with E-state index in [-0.39, 0.29) is 13.0 Å². The number of nitrogen functional groups attached to an aromatic ring is 1. The zero-order chi connectivity index (χ0) is 20.0. The van der Waals surface area contributed by atoms with Crippen LogP contribution in [0.4, 0.5) is 10.2 Å². The van der Waals surface area contributed by atoms with Crippen LogP contribution in [0, 0.1) is 5.82 Å². The quantitative estimate of drug-likeness (QED) is 0.575. The van der Waals surface area contributed by atoms with Gasteiger partial charge in [-0.3, -0.25) is 9.59 Å². The zero-order valence-corrected chi connectivity index (χ0v) is 15.2. The van der Waals surface area contributed by atoms with Crippen LogP contribution >= 0.6 is 0 Å². The lowest BCUT2D eigenvalue weighted by molar-refractivity contribution is -0.139. The Morgan fingerprint density at radius 1 is 1.19 bits per heavy atom. The molecule has 0 aliphatic carbocycles. The third-order valence-electron chi connectivity index (χ3n) is 3.84. The van der Waals surface area contributed by atoms with E-state index in [2.05, 4.69) is 15.6 Å². The molecule has 0 bridgehead atoms. The van der Waals surface area contributed by atoms with Crippen LogP contribution in [0.2, 0.25) is 0 Å². The molecule has 0 radical (unpaired) electrons. The van der Waals surface area contributed by atoms with Gasteiger partial charge >= 0.3 is 0 Å². The Morgan fingerprint density at radius 2 is 1.81 bits per heavy atom. The Kier molecular flexibility index (Phi) is 6.46. The van der Waals surface area contributed by atoms with Crippen molar-refractivity contribution in [2.45, 2.75) is 38.5 Å². The molecule has 2 aromatic rings. The van der Waals surface area contributed by atoms with Crippen LogP contribution in [0.25, 0.3) is 0 Å². The molecule has 2 rings (SSSR count). The summed E-state index contributed by atoms with van der Waals surface area (Å²) in [7, 11) is 0. The van der Waals surface area contributed by atoms with Crippen LogP contribution in [0.3, 0.4) is 0 Å². The smallest absolute Gasteiger partial charge is 0.252 e. The average molecular weight is 374 g/mol. The fraction of sp³-hybridized carbons (Fsp3) is 0.316. The third kappa shape index (κ3) is 6.34. The molecule has 0 saturated heterocycles. The highest BCUT2D eigenvalue weighted by atomic mass is 19.1. The second-order valence-electron chi connectivity index (χ2n) is 6.72. The monoisotopic (exact) mass is 374 g/mol. The van der Waals surface area contributed by atoms with Crippen LogP contribution in [0.15, 0.2) is 42.6 Å². The van der Waals surface area contributed by atoms with E-state index in [1.807, 2.05) is 0 Å². The van der Waals surface area contributed by atoms with Crippen LogP contribution in [-0.2, 0) is 22.6 Å². The molecule has 0 spiro atoms. The molecular formula is C19H23FN4O3. The van der Waals surface area contributed by atoms with Crippen molar-refractivity contribution in [3.8, 4) is 0 Å². The first-order valence-corrected chi connectivity index (χ1v) is 8.41. The minimum Gasteiger partial charge on any atom is -0.384 e. The van der Waals surface area contributed by atoms with Gasteiger partial charge in [0.1, 0.15) is 23.3 Å². The Balaban J connectivity index is 2.09. The van der Waals surface area contributed by atoms with Crippen LogP contribution < -0.4 is 16.4 Å². The normalized spacial score (nSPS) is 12.3. The topological polar surface area (TPSA) is 117 Å². The molecule has 0 aliphatic rings. The second-order valence-corrected chi connectivity index (χ2v) is 6.72. The Bertz CT molecular complexity index is 786. The number of aliphatic hydroxyl groups is 1. The number of amides is 2. The van der Waals surface area contributed by atoms with E-state index in [4.69, 9.17) is 5.73 Å². The van der Waals surface area contributed by atoms with Crippen molar-refractivity contribution in [1.82, 2.24) is 15.6 Å². The molecule has 1 aromatic heterocycles. The number of nitrogens with zero attached hydrogens (tertiary/aromatic N) is 1. The van der Waals surface area contributed by atoms with Gasteiger partial charge in [0.2, 0.25) is 5.91 Å². The molecule has 0 aliphatic heterocycles. The second kappa shape index (κ2) is 8.59. The van der Waals surface area contributed by atoms with Crippen molar-refractivity contribution in [3.63, 3.8) is 0 Å². The number of aromatic nitrogens is 1. The summed E-state index contributed by atoms with van der Waals surface area (Å²) in [6, 6.07) is 8.05. The van der Waals surface area contributed by atoms with Gasteiger partial charge in [0.25, 0.3) is 5.91 Å². The Labute approximate surface area is 156 Å². The van der Waals surface area contributed by atoms with Crippen LogP contribution in [0.1, 0.15) is 25.0 Å². The van der Waals surface area contributed by atoms with Crippen LogP contribution in [0.5, 0.6) is 0 Å². The molecule has 8 heteroatoms. The van der Waals surface area contributed by atoms with Gasteiger partial charge in [0.15, 0.2) is 0 Å². The first-order valence-electron chi connectivity index (χ1n) is 8.41. The van der Waals surface area contributed by atoms with Gasteiger partial charge in [-0.25, -0.2) is 9.37 Å². The molecule has 1 heterocycles. The summed E-state index contributed by atoms with van der Waals surface area (Å²) in [5.41, 5.74) is 5.30. The van der Waals surface area contributed by atoms with Gasteiger partial charge in [-0.2, -0.15) is 0 Å². The number of hydrogen-bond donors (Lipinski definition) is 4. The summed E-state index contributed by atoms with van der Waals surface area (Å²) in [6.07, 6.45) is 1.69. The van der Waals surface area contributed by atoms with E-state index in [9.17, 15) is 19.1 Å². The van der Waals surface area contributed by atoms with Crippen molar-refractivity contribution in [3.05, 3.63) is 59.5 Å². The molecular weight excluding hydrogens is 351 g/mol. The summed E-state index contributed by atoms with van der Waals surface area (Å²) in [4.78, 5) is 28.6. The lowest BCUT2D eigenvalue weighted by Crippen LogP contribution is -2.53. The summed E-state index contributed by atoms with van der Waals surface area (Å²) in [5, 5.41) is 15.1. The van der Waals surface area contributed by atoms with E-state index >= 15 is 0 Å². The summed E-state index contributed by atoms with van der Waals surface area (Å²) in [5.74, 6) is -1.14. The van der Waals surface area contributed by atoms with Gasteiger partial charge < -0.3 is 21.5 Å². The Hall–Kier alpha value is -3.00. The fourth-order valence-electron chi connectivity index (χ4n) is 2.25. The maximum absolute atomic E-state index is 13.1. The number of nitrogens with one attached hydrogen (secondary N) is 2. The summed E-state index contributed by atoms with van der Waals surface area (Å²) < 4.78 is 13.1. The van der Waals surface area contributed by atoms with E-state index in [0.29, 0.717) is 11.4 Å². The molecule has 1 aromatic carbocycles. The predicted octanol–water partition coefficient (Wildman–Crippen LogP) is 0.917. The van der Waals surface area contributed by atoms with Crippen molar-refractivity contribution >= 4 is 17.6 Å². The lowest BCUT2D eigenvalue weighted by Gasteiger charge is -2.23. The highest BCUT2D eigenvalue weighted by Gasteiger charge is 2.29. The number of anilines is 1. The largest absolute Gasteiger partial charge is 0.384 e. The van der Waals surface area contributed by atoms with Gasteiger partial charge in [0.05, 0.1) is 0 Å². The minimum absolute atomic E-state index is 0.147. The van der Waals surface area contributed by atoms with Crippen LogP contribution in [-0.4, -0.2) is 33.5 Å². The highest BCUT2D eigenvalue weighted by Crippen LogP contribution is 2.09. The lowest BCUT2D eigenvalue weighted by atomic mass is 10.0. The van der Waals surface area contributed by atoms with E-state index in [0.717, 1.165) is 5.56 Å². The minimum atomic E-state index is -1.64. The number of carbonyl (C=O) groups is 2. The summed E-state index contributed by atoms with van der Waals surface area (Å²) in [6.45, 7) is 2.86. The fourth-order valence-corrected chi connectivity index (χ4v) is 2.25. The SMILES string of the molecule is CC(C)(O)C(=O)N[C@@H](Cc1ccc(F)cc1)C(=O)NCc1ccc(N)nc1. The number of hydrogen-bond acceptors (Lipinski definition) is 5. The van der Waals surface area contributed by atoms with Crippen molar-refractivity contribution < 1.29 is 19.1 Å². The van der Waals surface area contributed by atoms with Crippen molar-refractivity contribution in [2.24, 2.45) is 0 Å². The molecule has 27 heavy (non-hydrogen) atoms. The molecule has 0 unspecified atom stereocenters. The number of pyridine rings is 1. The van der Waals surface area contributed by atoms with E-state index < -0.39 is 29.3 Å². The van der Waals surface area contributed by atoms with E-state index in [1.165, 1.54) is 38.1 Å². The first kappa shape index (κ1) is 20.3. The molecule has 144 valence electrons. The number of benzene rings is 1. The maximum atomic E-state index is 13.1. The van der Waals surface area contributed by atoms with Gasteiger partial charge in [-0.05, 0) is 43.2 Å². The predicted molar refractivity (Wildman–Crippen MR) is 98.8 cm³/mol. The molecule has 0 fully saturated rings. The zero-order valence-electron chi connectivity index (χ0n) is 15.2. The Morgan fingerprint density at radius 3 is 2.37 bits per heavy atom. The maximum Gasteiger partial charge on any atom is 0.252 e. The standard InChI is InChI=1S/C19H23FN4O3/c1-19(2,27)18(26)24-15(9-12-3-6-14(20)7-4-12)17(25)23-11-13-5-8-16(21)22-10-13/h3-8,10,15,27H,9,11H2,1-2H3,(H2,21,22)(H,23,25)(H,24,26)/t15-/m0/s1. The molecule has 1 atom stereocenters. The average Bonchev–Trinajstić information content (AvgIpc) is 2.61. The van der Waals surface area contributed by atoms with Crippen molar-refractivity contribution in [1.29, 1.82) is 0 Å². The van der Waals surface area contributed by atoms with Gasteiger partial charge in [0, 0.05) is 19.2 Å². The van der Waals surface area contributed by atoms with Gasteiger partial charge in [-0.15, -0.1) is 0 Å². The molecule has 0 saturated carbocycles. The van der Waals surface area contributed by atoms with E-state index in [1.54, 1.807) is 18.3 Å².